The summed E-state index contributed by atoms with van der Waals surface area (Å²) in [5.74, 6) is 0.519. The van der Waals surface area contributed by atoms with Crippen LogP contribution < -0.4 is 10.5 Å². The first-order chi connectivity index (χ1) is 15.3. The summed E-state index contributed by atoms with van der Waals surface area (Å²) in [6.45, 7) is 3.30. The lowest BCUT2D eigenvalue weighted by atomic mass is 10.2. The Labute approximate surface area is 180 Å². The SMILES string of the molecule is O=c1c2ccccc2nc(-c2ccccc2)n1N=Cc1ccc(N2CCOCC2)cc1. The fourth-order valence-corrected chi connectivity index (χ4v) is 3.72. The lowest BCUT2D eigenvalue weighted by molar-refractivity contribution is 0.122. The van der Waals surface area contributed by atoms with Gasteiger partial charge in [0.1, 0.15) is 0 Å². The van der Waals surface area contributed by atoms with Crippen molar-refractivity contribution in [2.75, 3.05) is 31.2 Å². The molecule has 5 rings (SSSR count). The molecule has 1 aliphatic heterocycles. The van der Waals surface area contributed by atoms with E-state index in [2.05, 4.69) is 22.1 Å². The van der Waals surface area contributed by atoms with Crippen LogP contribution in [0.2, 0.25) is 0 Å². The van der Waals surface area contributed by atoms with Gasteiger partial charge in [0.2, 0.25) is 0 Å². The summed E-state index contributed by atoms with van der Waals surface area (Å²) in [5, 5.41) is 5.07. The van der Waals surface area contributed by atoms with Crippen LogP contribution in [-0.4, -0.2) is 42.2 Å². The van der Waals surface area contributed by atoms with Crippen LogP contribution in [-0.2, 0) is 4.74 Å². The number of para-hydroxylation sites is 1. The highest BCUT2D eigenvalue weighted by Gasteiger charge is 2.13. The van der Waals surface area contributed by atoms with E-state index in [1.807, 2.05) is 60.7 Å². The highest BCUT2D eigenvalue weighted by atomic mass is 16.5. The molecule has 154 valence electrons. The van der Waals surface area contributed by atoms with Crippen molar-refractivity contribution in [3.63, 3.8) is 0 Å². The zero-order valence-electron chi connectivity index (χ0n) is 17.0. The number of ether oxygens (including phenoxy) is 1. The van der Waals surface area contributed by atoms with Gasteiger partial charge >= 0.3 is 0 Å². The molecule has 31 heavy (non-hydrogen) atoms. The van der Waals surface area contributed by atoms with Crippen molar-refractivity contribution in [2.45, 2.75) is 0 Å². The third kappa shape index (κ3) is 3.98. The van der Waals surface area contributed by atoms with E-state index in [-0.39, 0.29) is 5.56 Å². The fraction of sp³-hybridized carbons (Fsp3) is 0.160. The second kappa shape index (κ2) is 8.53. The molecule has 6 heteroatoms. The minimum Gasteiger partial charge on any atom is -0.378 e. The Morgan fingerprint density at radius 2 is 1.58 bits per heavy atom. The zero-order chi connectivity index (χ0) is 21.0. The summed E-state index contributed by atoms with van der Waals surface area (Å²) in [6, 6.07) is 25.2. The van der Waals surface area contributed by atoms with Crippen molar-refractivity contribution >= 4 is 22.8 Å². The van der Waals surface area contributed by atoms with E-state index in [0.717, 1.165) is 43.1 Å². The fourth-order valence-electron chi connectivity index (χ4n) is 3.72. The molecule has 3 aromatic carbocycles. The van der Waals surface area contributed by atoms with Gasteiger partial charge in [-0.3, -0.25) is 4.79 Å². The second-order valence-corrected chi connectivity index (χ2v) is 7.37. The van der Waals surface area contributed by atoms with Gasteiger partial charge in [-0.1, -0.05) is 54.6 Å². The molecular weight excluding hydrogens is 388 g/mol. The van der Waals surface area contributed by atoms with E-state index in [1.54, 1.807) is 12.3 Å². The average Bonchev–Trinajstić information content (AvgIpc) is 2.85. The maximum absolute atomic E-state index is 13.2. The van der Waals surface area contributed by atoms with Crippen molar-refractivity contribution in [1.29, 1.82) is 0 Å². The van der Waals surface area contributed by atoms with Crippen LogP contribution in [0.4, 0.5) is 5.69 Å². The van der Waals surface area contributed by atoms with Gasteiger partial charge in [-0.05, 0) is 29.8 Å². The molecule has 2 heterocycles. The molecule has 1 fully saturated rings. The smallest absolute Gasteiger partial charge is 0.282 e. The minimum atomic E-state index is -0.189. The minimum absolute atomic E-state index is 0.189. The molecule has 0 spiro atoms. The molecule has 1 aliphatic rings. The van der Waals surface area contributed by atoms with Crippen LogP contribution in [0.15, 0.2) is 88.8 Å². The number of benzene rings is 3. The maximum Gasteiger partial charge on any atom is 0.282 e. The summed E-state index contributed by atoms with van der Waals surface area (Å²) in [5.41, 5.74) is 3.38. The maximum atomic E-state index is 13.2. The molecule has 6 nitrogen and oxygen atoms in total. The number of rotatable bonds is 4. The Morgan fingerprint density at radius 1 is 0.871 bits per heavy atom. The molecule has 0 amide bonds. The summed E-state index contributed by atoms with van der Waals surface area (Å²) >= 11 is 0. The lowest BCUT2D eigenvalue weighted by Crippen LogP contribution is -2.36. The van der Waals surface area contributed by atoms with Gasteiger partial charge in [-0.15, -0.1) is 0 Å². The van der Waals surface area contributed by atoms with E-state index in [0.29, 0.717) is 16.7 Å². The molecule has 4 aromatic rings. The van der Waals surface area contributed by atoms with Crippen LogP contribution in [0, 0.1) is 0 Å². The topological polar surface area (TPSA) is 59.7 Å². The van der Waals surface area contributed by atoms with Crippen molar-refractivity contribution in [3.05, 3.63) is 94.8 Å². The van der Waals surface area contributed by atoms with Crippen LogP contribution in [0.25, 0.3) is 22.3 Å². The largest absolute Gasteiger partial charge is 0.378 e. The number of fused-ring (bicyclic) bond motifs is 1. The number of hydrogen-bond donors (Lipinski definition) is 0. The molecule has 0 bridgehead atoms. The van der Waals surface area contributed by atoms with Gasteiger partial charge in [0.05, 0.1) is 30.3 Å². The molecule has 0 aliphatic carbocycles. The van der Waals surface area contributed by atoms with Gasteiger partial charge in [0.25, 0.3) is 5.56 Å². The molecule has 0 atom stereocenters. The van der Waals surface area contributed by atoms with Crippen molar-refractivity contribution in [3.8, 4) is 11.4 Å². The summed E-state index contributed by atoms with van der Waals surface area (Å²) in [6.07, 6.45) is 1.70. The third-order valence-corrected chi connectivity index (χ3v) is 5.38. The van der Waals surface area contributed by atoms with Gasteiger partial charge in [0.15, 0.2) is 5.82 Å². The van der Waals surface area contributed by atoms with Crippen molar-refractivity contribution in [1.82, 2.24) is 9.66 Å². The average molecular weight is 410 g/mol. The Bertz CT molecular complexity index is 1270. The zero-order valence-corrected chi connectivity index (χ0v) is 17.0. The summed E-state index contributed by atoms with van der Waals surface area (Å²) in [7, 11) is 0. The van der Waals surface area contributed by atoms with E-state index in [4.69, 9.17) is 9.72 Å². The first kappa shape index (κ1) is 19.2. The Balaban J connectivity index is 1.53. The number of aromatic nitrogens is 2. The first-order valence-corrected chi connectivity index (χ1v) is 10.3. The Kier molecular flexibility index (Phi) is 5.29. The van der Waals surface area contributed by atoms with Crippen molar-refractivity contribution in [2.24, 2.45) is 5.10 Å². The monoisotopic (exact) mass is 410 g/mol. The van der Waals surface area contributed by atoms with E-state index in [9.17, 15) is 4.79 Å². The summed E-state index contributed by atoms with van der Waals surface area (Å²) in [4.78, 5) is 20.2. The van der Waals surface area contributed by atoms with Crippen LogP contribution in [0.1, 0.15) is 5.56 Å². The molecule has 0 saturated carbocycles. The van der Waals surface area contributed by atoms with Crippen molar-refractivity contribution < 1.29 is 4.74 Å². The summed E-state index contributed by atoms with van der Waals surface area (Å²) < 4.78 is 6.80. The first-order valence-electron chi connectivity index (χ1n) is 10.3. The van der Waals surface area contributed by atoms with Gasteiger partial charge in [0, 0.05) is 24.3 Å². The molecule has 0 N–H and O–H groups in total. The number of anilines is 1. The van der Waals surface area contributed by atoms with Crippen LogP contribution in [0.5, 0.6) is 0 Å². The van der Waals surface area contributed by atoms with E-state index >= 15 is 0 Å². The van der Waals surface area contributed by atoms with E-state index < -0.39 is 0 Å². The normalized spacial score (nSPS) is 14.4. The van der Waals surface area contributed by atoms with Crippen LogP contribution >= 0.6 is 0 Å². The second-order valence-electron chi connectivity index (χ2n) is 7.37. The third-order valence-electron chi connectivity index (χ3n) is 5.38. The van der Waals surface area contributed by atoms with Gasteiger partial charge in [-0.25, -0.2) is 4.98 Å². The van der Waals surface area contributed by atoms with Gasteiger partial charge < -0.3 is 9.64 Å². The van der Waals surface area contributed by atoms with E-state index in [1.165, 1.54) is 4.68 Å². The molecule has 0 radical (unpaired) electrons. The van der Waals surface area contributed by atoms with Crippen LogP contribution in [0.3, 0.4) is 0 Å². The Hall–Kier alpha value is -3.77. The standard InChI is InChI=1S/C25H22N4O2/c30-25-22-8-4-5-9-23(22)27-24(20-6-2-1-3-7-20)29(25)26-18-19-10-12-21(13-11-19)28-14-16-31-17-15-28/h1-13,18H,14-17H2. The molecule has 0 unspecified atom stereocenters. The van der Waals surface area contributed by atoms with Gasteiger partial charge in [-0.2, -0.15) is 9.78 Å². The lowest BCUT2D eigenvalue weighted by Gasteiger charge is -2.28. The predicted molar refractivity (Wildman–Crippen MR) is 124 cm³/mol. The molecule has 1 aromatic heterocycles. The molecule has 1 saturated heterocycles. The quantitative estimate of drug-likeness (QED) is 0.481. The number of hydrogen-bond acceptors (Lipinski definition) is 5. The highest BCUT2D eigenvalue weighted by molar-refractivity contribution is 5.82. The number of morpholine rings is 1. The predicted octanol–water partition coefficient (Wildman–Crippen LogP) is 3.78. The molecular formula is C25H22N4O2. The highest BCUT2D eigenvalue weighted by Crippen LogP contribution is 2.19. The Morgan fingerprint density at radius 3 is 2.35 bits per heavy atom. The number of nitrogens with zero attached hydrogens (tertiary/aromatic N) is 4.